The zero-order valence-corrected chi connectivity index (χ0v) is 20.5. The molecular weight excluding hydrogens is 380 g/mol. The lowest BCUT2D eigenvalue weighted by Crippen LogP contribution is -1.98. The Balaban J connectivity index is 1.73. The molecule has 31 heavy (non-hydrogen) atoms. The molecule has 0 saturated carbocycles. The molecule has 170 valence electrons. The number of rotatable bonds is 14. The van der Waals surface area contributed by atoms with Gasteiger partial charge < -0.3 is 4.74 Å². The molecule has 0 saturated heterocycles. The summed E-state index contributed by atoms with van der Waals surface area (Å²) in [5.41, 5.74) is 6.46. The van der Waals surface area contributed by atoms with E-state index in [-0.39, 0.29) is 0 Å². The summed E-state index contributed by atoms with van der Waals surface area (Å²) < 4.78 is 6.02. The van der Waals surface area contributed by atoms with Crippen LogP contribution in [0.5, 0.6) is 5.75 Å². The molecule has 0 spiro atoms. The molecule has 0 aliphatic heterocycles. The highest BCUT2D eigenvalue weighted by atomic mass is 16.5. The molecule has 2 aromatic rings. The Kier molecular flexibility index (Phi) is 11.3. The Labute approximate surface area is 190 Å². The minimum Gasteiger partial charge on any atom is -0.494 e. The molecule has 0 unspecified atom stereocenters. The van der Waals surface area contributed by atoms with Crippen LogP contribution in [0.4, 0.5) is 11.4 Å². The van der Waals surface area contributed by atoms with E-state index in [1.165, 1.54) is 63.4 Å². The van der Waals surface area contributed by atoms with Crippen molar-refractivity contribution in [2.75, 3.05) is 6.61 Å². The Morgan fingerprint density at radius 1 is 0.645 bits per heavy atom. The third-order valence-electron chi connectivity index (χ3n) is 5.84. The number of ether oxygens (including phenoxy) is 1. The summed E-state index contributed by atoms with van der Waals surface area (Å²) in [7, 11) is 0. The van der Waals surface area contributed by atoms with Gasteiger partial charge in [-0.25, -0.2) is 0 Å². The van der Waals surface area contributed by atoms with Crippen LogP contribution < -0.4 is 4.74 Å². The van der Waals surface area contributed by atoms with Crippen molar-refractivity contribution in [2.45, 2.75) is 98.8 Å². The standard InChI is InChI=1S/C28H42N2O/c1-6-7-8-9-10-11-12-13-14-15-18-31-26-20-24(4)28(25(5)21-26)30-29-27-17-16-22(2)19-23(27)3/h16-17,19-21H,6-15,18H2,1-5H3. The molecule has 0 radical (unpaired) electrons. The van der Waals surface area contributed by atoms with Crippen molar-refractivity contribution in [3.63, 3.8) is 0 Å². The van der Waals surface area contributed by atoms with E-state index in [0.717, 1.165) is 46.8 Å². The predicted molar refractivity (Wildman–Crippen MR) is 133 cm³/mol. The van der Waals surface area contributed by atoms with Crippen LogP contribution >= 0.6 is 0 Å². The van der Waals surface area contributed by atoms with E-state index >= 15 is 0 Å². The number of aryl methyl sites for hydroxylation is 4. The molecule has 0 aliphatic carbocycles. The highest BCUT2D eigenvalue weighted by Crippen LogP contribution is 2.31. The highest BCUT2D eigenvalue weighted by molar-refractivity contribution is 5.56. The van der Waals surface area contributed by atoms with E-state index in [1.807, 2.05) is 6.07 Å². The molecule has 3 heteroatoms. The lowest BCUT2D eigenvalue weighted by Gasteiger charge is -2.11. The van der Waals surface area contributed by atoms with Crippen LogP contribution in [0.3, 0.4) is 0 Å². The first-order chi connectivity index (χ1) is 15.0. The summed E-state index contributed by atoms with van der Waals surface area (Å²) in [6.45, 7) is 11.4. The molecule has 2 rings (SSSR count). The van der Waals surface area contributed by atoms with Gasteiger partial charge in [-0.3, -0.25) is 0 Å². The number of hydrogen-bond acceptors (Lipinski definition) is 3. The van der Waals surface area contributed by atoms with Crippen molar-refractivity contribution < 1.29 is 4.74 Å². The van der Waals surface area contributed by atoms with Crippen LogP contribution in [-0.4, -0.2) is 6.61 Å². The molecule has 0 N–H and O–H groups in total. The van der Waals surface area contributed by atoms with Gasteiger partial charge in [0.15, 0.2) is 0 Å². The van der Waals surface area contributed by atoms with Gasteiger partial charge in [-0.1, -0.05) is 82.4 Å². The normalized spacial score (nSPS) is 11.4. The van der Waals surface area contributed by atoms with Crippen LogP contribution in [0.1, 0.15) is 93.4 Å². The van der Waals surface area contributed by atoms with Gasteiger partial charge in [0, 0.05) is 0 Å². The summed E-state index contributed by atoms with van der Waals surface area (Å²) in [6.07, 6.45) is 13.4. The molecular formula is C28H42N2O. The van der Waals surface area contributed by atoms with Gasteiger partial charge in [-0.15, -0.1) is 5.11 Å². The minimum absolute atomic E-state index is 0.790. The van der Waals surface area contributed by atoms with Crippen LogP contribution in [0.15, 0.2) is 40.6 Å². The number of nitrogens with zero attached hydrogens (tertiary/aromatic N) is 2. The van der Waals surface area contributed by atoms with Crippen molar-refractivity contribution in [3.8, 4) is 5.75 Å². The maximum atomic E-state index is 6.02. The smallest absolute Gasteiger partial charge is 0.119 e. The fourth-order valence-electron chi connectivity index (χ4n) is 3.96. The molecule has 0 heterocycles. The van der Waals surface area contributed by atoms with E-state index in [9.17, 15) is 0 Å². The van der Waals surface area contributed by atoms with E-state index in [1.54, 1.807) is 0 Å². The second-order valence-corrected chi connectivity index (χ2v) is 8.93. The van der Waals surface area contributed by atoms with E-state index in [4.69, 9.17) is 4.74 Å². The van der Waals surface area contributed by atoms with Gasteiger partial charge in [0.05, 0.1) is 18.0 Å². The average Bonchev–Trinajstić information content (AvgIpc) is 2.72. The van der Waals surface area contributed by atoms with Crippen LogP contribution in [-0.2, 0) is 0 Å². The summed E-state index contributed by atoms with van der Waals surface area (Å²) in [4.78, 5) is 0. The number of azo groups is 1. The molecule has 0 amide bonds. The van der Waals surface area contributed by atoms with Gasteiger partial charge in [-0.05, 0) is 69.0 Å². The van der Waals surface area contributed by atoms with Gasteiger partial charge >= 0.3 is 0 Å². The Morgan fingerprint density at radius 3 is 1.81 bits per heavy atom. The molecule has 3 nitrogen and oxygen atoms in total. The Bertz CT molecular complexity index is 803. The monoisotopic (exact) mass is 422 g/mol. The zero-order chi connectivity index (χ0) is 22.5. The number of hydrogen-bond donors (Lipinski definition) is 0. The SMILES string of the molecule is CCCCCCCCCCCCOc1cc(C)c(N=Nc2ccc(C)cc2C)c(C)c1. The quantitative estimate of drug-likeness (QED) is 0.220. The third kappa shape index (κ3) is 9.25. The summed E-state index contributed by atoms with van der Waals surface area (Å²) in [5, 5.41) is 9.02. The molecule has 0 fully saturated rings. The minimum atomic E-state index is 0.790. The second-order valence-electron chi connectivity index (χ2n) is 8.93. The lowest BCUT2D eigenvalue weighted by molar-refractivity contribution is 0.304. The topological polar surface area (TPSA) is 34.0 Å². The number of unbranched alkanes of at least 4 members (excludes halogenated alkanes) is 9. The van der Waals surface area contributed by atoms with Gasteiger partial charge in [0.25, 0.3) is 0 Å². The first-order valence-electron chi connectivity index (χ1n) is 12.2. The summed E-state index contributed by atoms with van der Waals surface area (Å²) >= 11 is 0. The van der Waals surface area contributed by atoms with Gasteiger partial charge in [0.2, 0.25) is 0 Å². The first-order valence-corrected chi connectivity index (χ1v) is 12.2. The van der Waals surface area contributed by atoms with Crippen LogP contribution in [0.2, 0.25) is 0 Å². The molecule has 2 aromatic carbocycles. The third-order valence-corrected chi connectivity index (χ3v) is 5.84. The largest absolute Gasteiger partial charge is 0.494 e. The summed E-state index contributed by atoms with van der Waals surface area (Å²) in [6, 6.07) is 10.4. The maximum Gasteiger partial charge on any atom is 0.119 e. The molecule has 0 aliphatic rings. The zero-order valence-electron chi connectivity index (χ0n) is 20.5. The first kappa shape index (κ1) is 25.1. The van der Waals surface area contributed by atoms with Crippen LogP contribution in [0, 0.1) is 27.7 Å². The van der Waals surface area contributed by atoms with Crippen molar-refractivity contribution >= 4 is 11.4 Å². The van der Waals surface area contributed by atoms with Gasteiger partial charge in [0.1, 0.15) is 5.75 Å². The lowest BCUT2D eigenvalue weighted by atomic mass is 10.1. The second kappa shape index (κ2) is 14.0. The van der Waals surface area contributed by atoms with Crippen LogP contribution in [0.25, 0.3) is 0 Å². The maximum absolute atomic E-state index is 6.02. The molecule has 0 aromatic heterocycles. The Hall–Kier alpha value is -2.16. The van der Waals surface area contributed by atoms with E-state index < -0.39 is 0 Å². The molecule has 0 atom stereocenters. The van der Waals surface area contributed by atoms with Crippen molar-refractivity contribution in [1.82, 2.24) is 0 Å². The fourth-order valence-corrected chi connectivity index (χ4v) is 3.96. The highest BCUT2D eigenvalue weighted by Gasteiger charge is 2.06. The van der Waals surface area contributed by atoms with E-state index in [2.05, 4.69) is 69.1 Å². The van der Waals surface area contributed by atoms with Crippen molar-refractivity contribution in [3.05, 3.63) is 52.6 Å². The van der Waals surface area contributed by atoms with Gasteiger partial charge in [-0.2, -0.15) is 5.11 Å². The summed E-state index contributed by atoms with van der Waals surface area (Å²) in [5.74, 6) is 0.941. The van der Waals surface area contributed by atoms with Crippen molar-refractivity contribution in [2.24, 2.45) is 10.2 Å². The fraction of sp³-hybridized carbons (Fsp3) is 0.571. The predicted octanol–water partition coefficient (Wildman–Crippen LogP) is 9.64. The van der Waals surface area contributed by atoms with E-state index in [0.29, 0.717) is 0 Å². The Morgan fingerprint density at radius 2 is 1.23 bits per heavy atom. The molecule has 0 bridgehead atoms. The van der Waals surface area contributed by atoms with Crippen molar-refractivity contribution in [1.29, 1.82) is 0 Å². The number of benzene rings is 2. The average molecular weight is 423 g/mol.